The third-order valence-corrected chi connectivity index (χ3v) is 8.22. The first-order chi connectivity index (χ1) is 17.5. The Morgan fingerprint density at radius 3 is 2.16 bits per heavy atom. The second kappa shape index (κ2) is 14.2. The average molecular weight is 599 g/mol. The Balaban J connectivity index is 2.03. The Hall–Kier alpha value is -2.84. The second-order valence-corrected chi connectivity index (χ2v) is 10.8. The zero-order valence-corrected chi connectivity index (χ0v) is 23.3. The third kappa shape index (κ3) is 8.90. The van der Waals surface area contributed by atoms with Crippen LogP contribution < -0.4 is 16.4 Å². The molecule has 0 spiro atoms. The van der Waals surface area contributed by atoms with Crippen molar-refractivity contribution in [1.29, 1.82) is 5.41 Å². The van der Waals surface area contributed by atoms with Crippen LogP contribution in [0.25, 0.3) is 0 Å². The molecule has 0 aliphatic heterocycles. The van der Waals surface area contributed by atoms with Gasteiger partial charge in [0.15, 0.2) is 0 Å². The maximum Gasteiger partial charge on any atom is 0.244 e. The van der Waals surface area contributed by atoms with Crippen LogP contribution >= 0.6 is 15.9 Å². The third-order valence-electron chi connectivity index (χ3n) is 5.34. The number of anilines is 1. The van der Waals surface area contributed by atoms with Crippen molar-refractivity contribution in [3.8, 4) is 0 Å². The van der Waals surface area contributed by atoms with Gasteiger partial charge in [-0.3, -0.25) is 15.0 Å². The molecule has 2 aromatic rings. The van der Waals surface area contributed by atoms with Gasteiger partial charge in [0.25, 0.3) is 0 Å². The van der Waals surface area contributed by atoms with Gasteiger partial charge in [0.05, 0.1) is 24.2 Å². The number of nitrogens with zero attached hydrogens (tertiary/aromatic N) is 1. The highest BCUT2D eigenvalue weighted by atomic mass is 79.9. The van der Waals surface area contributed by atoms with E-state index in [1.807, 2.05) is 0 Å². The second-order valence-electron chi connectivity index (χ2n) is 8.08. The van der Waals surface area contributed by atoms with Crippen LogP contribution in [0.2, 0.25) is 0 Å². The summed E-state index contributed by atoms with van der Waals surface area (Å²) in [4.78, 5) is 24.7. The largest absolute Gasteiger partial charge is 0.384 e. The fraction of sp³-hybridized carbons (Fsp3) is 0.375. The molecule has 2 rings (SSSR count). The van der Waals surface area contributed by atoms with Crippen LogP contribution in [-0.2, 0) is 29.1 Å². The molecule has 1 unspecified atom stereocenters. The van der Waals surface area contributed by atoms with E-state index in [-0.39, 0.29) is 37.0 Å². The minimum absolute atomic E-state index is 0.0807. The number of amidine groups is 1. The average Bonchev–Trinajstić information content (AvgIpc) is 2.83. The van der Waals surface area contributed by atoms with Crippen LogP contribution in [0.15, 0.2) is 51.8 Å². The zero-order valence-electron chi connectivity index (χ0n) is 20.9. The van der Waals surface area contributed by atoms with Crippen molar-refractivity contribution in [3.63, 3.8) is 0 Å². The highest BCUT2D eigenvalue weighted by Crippen LogP contribution is 2.28. The number of methoxy groups -OCH3 is 2. The van der Waals surface area contributed by atoms with E-state index in [1.54, 1.807) is 43.3 Å². The molecule has 0 fully saturated rings. The molecule has 2 amide bonds. The predicted octanol–water partition coefficient (Wildman–Crippen LogP) is 2.22. The summed E-state index contributed by atoms with van der Waals surface area (Å²) in [6.45, 7) is 2.55. The first kappa shape index (κ1) is 30.4. The van der Waals surface area contributed by atoms with Crippen molar-refractivity contribution in [2.75, 3.05) is 45.8 Å². The maximum atomic E-state index is 13.2. The molecule has 0 aliphatic carbocycles. The lowest BCUT2D eigenvalue weighted by molar-refractivity contribution is -0.127. The number of nitrogen functional groups attached to an aromatic ring is 1. The minimum Gasteiger partial charge on any atom is -0.384 e. The summed E-state index contributed by atoms with van der Waals surface area (Å²) in [7, 11) is -0.831. The molecule has 0 aromatic heterocycles. The monoisotopic (exact) mass is 597 g/mol. The zero-order chi connectivity index (χ0) is 27.6. The number of sulfonamides is 1. The van der Waals surface area contributed by atoms with Crippen molar-refractivity contribution in [2.45, 2.75) is 24.3 Å². The van der Waals surface area contributed by atoms with E-state index in [0.29, 0.717) is 21.3 Å². The molecular weight excluding hydrogens is 566 g/mol. The first-order valence-electron chi connectivity index (χ1n) is 11.3. The minimum atomic E-state index is -3.83. The van der Waals surface area contributed by atoms with Gasteiger partial charge in [0.1, 0.15) is 12.3 Å². The number of amides is 2. The molecule has 1 atom stereocenters. The van der Waals surface area contributed by atoms with Gasteiger partial charge in [0.2, 0.25) is 21.8 Å². The van der Waals surface area contributed by atoms with E-state index >= 15 is 0 Å². The molecule has 37 heavy (non-hydrogen) atoms. The van der Waals surface area contributed by atoms with Crippen molar-refractivity contribution in [3.05, 3.63) is 58.1 Å². The summed E-state index contributed by atoms with van der Waals surface area (Å²) < 4.78 is 38.1. The molecule has 0 bridgehead atoms. The number of hydrogen-bond acceptors (Lipinski definition) is 7. The van der Waals surface area contributed by atoms with E-state index < -0.39 is 34.3 Å². The van der Waals surface area contributed by atoms with Gasteiger partial charge < -0.3 is 25.8 Å². The van der Waals surface area contributed by atoms with Gasteiger partial charge in [-0.05, 0) is 64.8 Å². The molecule has 5 N–H and O–H groups in total. The van der Waals surface area contributed by atoms with Crippen LogP contribution in [0.1, 0.15) is 30.5 Å². The number of carbonyl (C=O) groups excluding carboxylic acids is 2. The van der Waals surface area contributed by atoms with E-state index in [4.69, 9.17) is 20.6 Å². The summed E-state index contributed by atoms with van der Waals surface area (Å²) >= 11 is 3.35. The standard InChI is InChI=1S/C24H32BrN5O6S/c1-16(28-22(31)15-23(32)29-19-7-4-17(5-8-19)24(26)27)18-6-9-21(20(25)14-18)37(33,34)30(10-12-35-2)11-13-36-3/h4-9,14,16H,10-13,15H2,1-3H3,(H3,26,27)(H,28,31)(H,29,32). The fourth-order valence-corrected chi connectivity index (χ4v) is 5.80. The van der Waals surface area contributed by atoms with Crippen molar-refractivity contribution < 1.29 is 27.5 Å². The Morgan fingerprint density at radius 2 is 1.65 bits per heavy atom. The summed E-state index contributed by atoms with van der Waals surface area (Å²) in [5.74, 6) is -1.09. The Morgan fingerprint density at radius 1 is 1.05 bits per heavy atom. The lowest BCUT2D eigenvalue weighted by Crippen LogP contribution is -2.36. The molecule has 0 saturated heterocycles. The normalized spacial score (nSPS) is 12.2. The van der Waals surface area contributed by atoms with E-state index in [2.05, 4.69) is 26.6 Å². The predicted molar refractivity (Wildman–Crippen MR) is 144 cm³/mol. The molecule has 202 valence electrons. The Bertz CT molecular complexity index is 1200. The molecule has 0 saturated carbocycles. The highest BCUT2D eigenvalue weighted by molar-refractivity contribution is 9.10. The van der Waals surface area contributed by atoms with Crippen molar-refractivity contribution in [1.82, 2.24) is 9.62 Å². The number of ether oxygens (including phenoxy) is 2. The van der Waals surface area contributed by atoms with Gasteiger partial charge in [0, 0.05) is 43.0 Å². The summed E-state index contributed by atoms with van der Waals surface area (Å²) in [6.07, 6.45) is -0.402. The quantitative estimate of drug-likeness (QED) is 0.147. The van der Waals surface area contributed by atoms with E-state index in [1.165, 1.54) is 24.6 Å². The van der Waals surface area contributed by atoms with Crippen LogP contribution in [0.5, 0.6) is 0 Å². The van der Waals surface area contributed by atoms with Gasteiger partial charge in [-0.15, -0.1) is 0 Å². The summed E-state index contributed by atoms with van der Waals surface area (Å²) in [6, 6.07) is 10.6. The maximum absolute atomic E-state index is 13.2. The molecule has 0 aliphatic rings. The number of nitrogens with two attached hydrogens (primary N) is 1. The lowest BCUT2D eigenvalue weighted by Gasteiger charge is -2.23. The van der Waals surface area contributed by atoms with Gasteiger partial charge >= 0.3 is 0 Å². The van der Waals surface area contributed by atoms with Gasteiger partial charge in [-0.2, -0.15) is 4.31 Å². The summed E-state index contributed by atoms with van der Waals surface area (Å²) in [5.41, 5.74) is 7.06. The van der Waals surface area contributed by atoms with Crippen LogP contribution in [0, 0.1) is 5.41 Å². The van der Waals surface area contributed by atoms with E-state index in [0.717, 1.165) is 0 Å². The summed E-state index contributed by atoms with van der Waals surface area (Å²) in [5, 5.41) is 12.8. The number of benzene rings is 2. The number of nitrogens with one attached hydrogen (secondary N) is 3. The number of hydrogen-bond donors (Lipinski definition) is 4. The highest BCUT2D eigenvalue weighted by Gasteiger charge is 2.27. The fourth-order valence-electron chi connectivity index (χ4n) is 3.33. The van der Waals surface area contributed by atoms with Crippen LogP contribution in [-0.4, -0.2) is 70.9 Å². The molecule has 0 radical (unpaired) electrons. The molecule has 2 aromatic carbocycles. The lowest BCUT2D eigenvalue weighted by atomic mass is 10.1. The Labute approximate surface area is 225 Å². The van der Waals surface area contributed by atoms with Gasteiger partial charge in [-0.1, -0.05) is 6.07 Å². The van der Waals surface area contributed by atoms with Gasteiger partial charge in [-0.25, -0.2) is 8.42 Å². The molecule has 11 nitrogen and oxygen atoms in total. The van der Waals surface area contributed by atoms with Crippen molar-refractivity contribution in [2.24, 2.45) is 5.73 Å². The SMILES string of the molecule is COCCN(CCOC)S(=O)(=O)c1ccc(C(C)NC(=O)CC(=O)Nc2ccc(C(=N)N)cc2)cc1Br. The topological polar surface area (TPSA) is 164 Å². The number of carbonyl (C=O) groups is 2. The van der Waals surface area contributed by atoms with Crippen molar-refractivity contribution >= 4 is 49.3 Å². The first-order valence-corrected chi connectivity index (χ1v) is 13.5. The van der Waals surface area contributed by atoms with E-state index in [9.17, 15) is 18.0 Å². The van der Waals surface area contributed by atoms with Crippen LogP contribution in [0.3, 0.4) is 0 Å². The number of rotatable bonds is 14. The number of halogens is 1. The van der Waals surface area contributed by atoms with Crippen LogP contribution in [0.4, 0.5) is 5.69 Å². The molecule has 0 heterocycles. The Kier molecular flexibility index (Phi) is 11.7. The smallest absolute Gasteiger partial charge is 0.244 e. The molecular formula is C24H32BrN5O6S. The molecule has 13 heteroatoms.